The Bertz CT molecular complexity index is 359. The van der Waals surface area contributed by atoms with Gasteiger partial charge in [-0.15, -0.1) is 0 Å². The molecule has 1 aromatic rings. The Morgan fingerprint density at radius 3 is 2.65 bits per heavy atom. The van der Waals surface area contributed by atoms with Crippen molar-refractivity contribution in [1.82, 2.24) is 9.88 Å². The van der Waals surface area contributed by atoms with Crippen molar-refractivity contribution < 1.29 is 9.53 Å². The van der Waals surface area contributed by atoms with Gasteiger partial charge in [0.2, 0.25) is 5.91 Å². The number of carbonyl (C=O) groups excluding carboxylic acids is 1. The first-order valence-corrected chi connectivity index (χ1v) is 5.98. The van der Waals surface area contributed by atoms with Crippen LogP contribution in [0.5, 0.6) is 0 Å². The summed E-state index contributed by atoms with van der Waals surface area (Å²) in [5, 5.41) is 0. The minimum Gasteiger partial charge on any atom is -0.375 e. The highest BCUT2D eigenvalue weighted by molar-refractivity contribution is 5.77. The monoisotopic (exact) mass is 234 g/mol. The van der Waals surface area contributed by atoms with Gasteiger partial charge in [-0.25, -0.2) is 0 Å². The van der Waals surface area contributed by atoms with Crippen LogP contribution < -0.4 is 0 Å². The predicted octanol–water partition coefficient (Wildman–Crippen LogP) is 1.43. The Kier molecular flexibility index (Phi) is 4.09. The van der Waals surface area contributed by atoms with Gasteiger partial charge in [0.15, 0.2) is 0 Å². The summed E-state index contributed by atoms with van der Waals surface area (Å²) in [7, 11) is 1.56. The minimum absolute atomic E-state index is 0.0979. The van der Waals surface area contributed by atoms with Crippen molar-refractivity contribution in [1.29, 1.82) is 0 Å². The fourth-order valence-electron chi connectivity index (χ4n) is 2.31. The number of hydrogen-bond donors (Lipinski definition) is 0. The van der Waals surface area contributed by atoms with Gasteiger partial charge >= 0.3 is 0 Å². The van der Waals surface area contributed by atoms with Crippen LogP contribution in [0.15, 0.2) is 24.5 Å². The molecule has 0 spiro atoms. The summed E-state index contributed by atoms with van der Waals surface area (Å²) in [4.78, 5) is 17.5. The minimum atomic E-state index is 0.0979. The molecule has 1 fully saturated rings. The first kappa shape index (κ1) is 12.0. The number of amides is 1. The van der Waals surface area contributed by atoms with E-state index >= 15 is 0 Å². The van der Waals surface area contributed by atoms with Gasteiger partial charge < -0.3 is 9.64 Å². The Labute approximate surface area is 102 Å². The molecule has 0 radical (unpaired) electrons. The Balaban J connectivity index is 1.88. The average molecular weight is 234 g/mol. The van der Waals surface area contributed by atoms with Crippen LogP contribution in [0.3, 0.4) is 0 Å². The molecule has 0 saturated carbocycles. The zero-order valence-corrected chi connectivity index (χ0v) is 10.1. The number of pyridine rings is 1. The van der Waals surface area contributed by atoms with Crippen LogP contribution in [-0.4, -0.2) is 42.6 Å². The second-order valence-electron chi connectivity index (χ2n) is 4.37. The molecule has 2 rings (SSSR count). The molecule has 1 aromatic heterocycles. The SMILES string of the molecule is COCC(=O)N1CCC(c2ccncc2)CC1. The molecular weight excluding hydrogens is 216 g/mol. The number of aromatic nitrogens is 1. The maximum absolute atomic E-state index is 11.6. The average Bonchev–Trinajstić information content (AvgIpc) is 2.40. The van der Waals surface area contributed by atoms with Crippen LogP contribution in [0.2, 0.25) is 0 Å². The van der Waals surface area contributed by atoms with Gasteiger partial charge in [-0.1, -0.05) is 0 Å². The van der Waals surface area contributed by atoms with Crippen molar-refractivity contribution in [3.8, 4) is 0 Å². The second kappa shape index (κ2) is 5.77. The van der Waals surface area contributed by atoms with Gasteiger partial charge in [0, 0.05) is 32.6 Å². The third kappa shape index (κ3) is 3.03. The lowest BCUT2D eigenvalue weighted by Crippen LogP contribution is -2.39. The molecule has 0 N–H and O–H groups in total. The molecule has 1 amide bonds. The lowest BCUT2D eigenvalue weighted by Gasteiger charge is -2.32. The van der Waals surface area contributed by atoms with Crippen LogP contribution in [0.1, 0.15) is 24.3 Å². The normalized spacial score (nSPS) is 17.1. The highest BCUT2D eigenvalue weighted by Gasteiger charge is 2.23. The maximum atomic E-state index is 11.6. The zero-order chi connectivity index (χ0) is 12.1. The van der Waals surface area contributed by atoms with E-state index in [1.807, 2.05) is 17.3 Å². The van der Waals surface area contributed by atoms with E-state index in [0.29, 0.717) is 5.92 Å². The molecule has 17 heavy (non-hydrogen) atoms. The highest BCUT2D eigenvalue weighted by atomic mass is 16.5. The van der Waals surface area contributed by atoms with Gasteiger partial charge in [-0.05, 0) is 36.5 Å². The van der Waals surface area contributed by atoms with Crippen molar-refractivity contribution in [2.24, 2.45) is 0 Å². The summed E-state index contributed by atoms with van der Waals surface area (Å²) in [6.07, 6.45) is 5.72. The van der Waals surface area contributed by atoms with E-state index in [2.05, 4.69) is 17.1 Å². The first-order chi connectivity index (χ1) is 8.31. The molecule has 1 aliphatic rings. The quantitative estimate of drug-likeness (QED) is 0.794. The first-order valence-electron chi connectivity index (χ1n) is 5.98. The van der Waals surface area contributed by atoms with Crippen molar-refractivity contribution in [3.63, 3.8) is 0 Å². The van der Waals surface area contributed by atoms with Crippen LogP contribution >= 0.6 is 0 Å². The number of carbonyl (C=O) groups is 1. The van der Waals surface area contributed by atoms with E-state index in [1.54, 1.807) is 7.11 Å². The summed E-state index contributed by atoms with van der Waals surface area (Å²) in [6, 6.07) is 4.13. The molecule has 0 atom stereocenters. The maximum Gasteiger partial charge on any atom is 0.248 e. The number of methoxy groups -OCH3 is 1. The number of hydrogen-bond acceptors (Lipinski definition) is 3. The number of rotatable bonds is 3. The van der Waals surface area contributed by atoms with E-state index in [0.717, 1.165) is 25.9 Å². The van der Waals surface area contributed by atoms with Crippen LogP contribution in [0.25, 0.3) is 0 Å². The second-order valence-corrected chi connectivity index (χ2v) is 4.37. The lowest BCUT2D eigenvalue weighted by atomic mass is 9.90. The Hall–Kier alpha value is -1.42. The largest absolute Gasteiger partial charge is 0.375 e. The Morgan fingerprint density at radius 1 is 1.41 bits per heavy atom. The smallest absolute Gasteiger partial charge is 0.248 e. The molecule has 92 valence electrons. The summed E-state index contributed by atoms with van der Waals surface area (Å²) >= 11 is 0. The molecule has 0 aromatic carbocycles. The predicted molar refractivity (Wildman–Crippen MR) is 64.7 cm³/mol. The zero-order valence-electron chi connectivity index (χ0n) is 10.1. The van der Waals surface area contributed by atoms with Crippen LogP contribution in [0.4, 0.5) is 0 Å². The number of ether oxygens (including phenoxy) is 1. The number of piperidine rings is 1. The summed E-state index contributed by atoms with van der Waals surface area (Å²) < 4.78 is 4.87. The molecule has 1 aliphatic heterocycles. The van der Waals surface area contributed by atoms with Gasteiger partial charge in [0.25, 0.3) is 0 Å². The summed E-state index contributed by atoms with van der Waals surface area (Å²) in [5.74, 6) is 0.658. The molecule has 4 heteroatoms. The molecular formula is C13H18N2O2. The van der Waals surface area contributed by atoms with Crippen molar-refractivity contribution in [3.05, 3.63) is 30.1 Å². The van der Waals surface area contributed by atoms with Gasteiger partial charge in [0.05, 0.1) is 0 Å². The van der Waals surface area contributed by atoms with Gasteiger partial charge in [-0.2, -0.15) is 0 Å². The third-order valence-electron chi connectivity index (χ3n) is 3.29. The fourth-order valence-corrected chi connectivity index (χ4v) is 2.31. The highest BCUT2D eigenvalue weighted by Crippen LogP contribution is 2.27. The third-order valence-corrected chi connectivity index (χ3v) is 3.29. The lowest BCUT2D eigenvalue weighted by molar-refractivity contribution is -0.136. The van der Waals surface area contributed by atoms with E-state index in [4.69, 9.17) is 4.74 Å². The van der Waals surface area contributed by atoms with E-state index in [1.165, 1.54) is 5.56 Å². The van der Waals surface area contributed by atoms with Gasteiger partial charge in [-0.3, -0.25) is 9.78 Å². The van der Waals surface area contributed by atoms with Crippen molar-refractivity contribution in [2.45, 2.75) is 18.8 Å². The van der Waals surface area contributed by atoms with E-state index in [9.17, 15) is 4.79 Å². The molecule has 0 aliphatic carbocycles. The molecule has 0 bridgehead atoms. The summed E-state index contributed by atoms with van der Waals surface area (Å²) in [5.41, 5.74) is 1.33. The fraction of sp³-hybridized carbons (Fsp3) is 0.538. The molecule has 2 heterocycles. The number of nitrogens with zero attached hydrogens (tertiary/aromatic N) is 2. The van der Waals surface area contributed by atoms with Crippen LogP contribution in [-0.2, 0) is 9.53 Å². The Morgan fingerprint density at radius 2 is 2.06 bits per heavy atom. The van der Waals surface area contributed by atoms with Gasteiger partial charge in [0.1, 0.15) is 6.61 Å². The molecule has 4 nitrogen and oxygen atoms in total. The molecule has 0 unspecified atom stereocenters. The van der Waals surface area contributed by atoms with Crippen LogP contribution in [0, 0.1) is 0 Å². The molecule has 1 saturated heterocycles. The summed E-state index contributed by atoms with van der Waals surface area (Å²) in [6.45, 7) is 1.85. The standard InChI is InChI=1S/C13H18N2O2/c1-17-10-13(16)15-8-4-12(5-9-15)11-2-6-14-7-3-11/h2-3,6-7,12H,4-5,8-10H2,1H3. The van der Waals surface area contributed by atoms with E-state index in [-0.39, 0.29) is 12.5 Å². The topological polar surface area (TPSA) is 42.4 Å². The van der Waals surface area contributed by atoms with E-state index < -0.39 is 0 Å². The van der Waals surface area contributed by atoms with Crippen molar-refractivity contribution >= 4 is 5.91 Å². The number of likely N-dealkylation sites (tertiary alicyclic amines) is 1. The van der Waals surface area contributed by atoms with Crippen molar-refractivity contribution in [2.75, 3.05) is 26.8 Å².